The van der Waals surface area contributed by atoms with Gasteiger partial charge in [0.15, 0.2) is 0 Å². The van der Waals surface area contributed by atoms with Gasteiger partial charge in [-0.05, 0) is 74.2 Å². The number of benzene rings is 1. The molecule has 0 spiro atoms. The first-order valence-electron chi connectivity index (χ1n) is 11.3. The van der Waals surface area contributed by atoms with E-state index in [-0.39, 0.29) is 17.2 Å². The highest BCUT2D eigenvalue weighted by atomic mass is 32.1. The molecule has 1 atom stereocenters. The number of hydrogen-bond acceptors (Lipinski definition) is 4. The van der Waals surface area contributed by atoms with E-state index < -0.39 is 0 Å². The molecule has 2 aromatic rings. The molecule has 2 amide bonds. The fraction of sp³-hybridized carbons (Fsp3) is 0.520. The normalized spacial score (nSPS) is 19.1. The molecule has 1 aromatic carbocycles. The lowest BCUT2D eigenvalue weighted by Gasteiger charge is -2.33. The number of nitrogens with one attached hydrogen (secondary N) is 2. The summed E-state index contributed by atoms with van der Waals surface area (Å²) in [6.45, 7) is 9.22. The number of likely N-dealkylation sites (tertiary alicyclic amines) is 1. The van der Waals surface area contributed by atoms with Crippen LogP contribution < -0.4 is 10.6 Å². The molecule has 5 nitrogen and oxygen atoms in total. The number of carbonyl (C=O) groups is 2. The number of carbonyl (C=O) groups excluding carboxylic acids is 2. The van der Waals surface area contributed by atoms with E-state index >= 15 is 0 Å². The van der Waals surface area contributed by atoms with Gasteiger partial charge in [0.25, 0.3) is 5.91 Å². The molecule has 2 heterocycles. The Morgan fingerprint density at radius 2 is 1.81 bits per heavy atom. The first-order chi connectivity index (χ1) is 14.8. The van der Waals surface area contributed by atoms with Crippen molar-refractivity contribution in [2.45, 2.75) is 52.9 Å². The lowest BCUT2D eigenvalue weighted by atomic mass is 9.72. The number of hydrogen-bond donors (Lipinski definition) is 2. The number of fused-ring (bicyclic) bond motifs is 1. The Morgan fingerprint density at radius 1 is 1.10 bits per heavy atom. The van der Waals surface area contributed by atoms with E-state index in [0.717, 1.165) is 56.4 Å². The van der Waals surface area contributed by atoms with E-state index in [0.29, 0.717) is 23.0 Å². The largest absolute Gasteiger partial charge is 0.322 e. The standard InChI is InChI=1S/C25H33N3O2S/c1-25(2,3)17-11-12-19-20(15-17)31-24(27-21(29)16-28-13-7-8-14-28)22(19)23(30)26-18-9-5-4-6-10-18/h4-6,9-10,17H,7-8,11-16H2,1-3H3,(H,26,30)(H,27,29)/t17-/m1/s1. The second-order valence-electron chi connectivity index (χ2n) is 9.87. The van der Waals surface area contributed by atoms with E-state index in [1.165, 1.54) is 4.88 Å². The van der Waals surface area contributed by atoms with Gasteiger partial charge in [-0.1, -0.05) is 39.0 Å². The summed E-state index contributed by atoms with van der Waals surface area (Å²) in [6, 6.07) is 9.52. The molecule has 1 aliphatic carbocycles. The number of nitrogens with zero attached hydrogens (tertiary/aromatic N) is 1. The third-order valence-electron chi connectivity index (χ3n) is 6.57. The van der Waals surface area contributed by atoms with Crippen LogP contribution in [-0.4, -0.2) is 36.3 Å². The minimum atomic E-state index is -0.130. The molecule has 1 aliphatic heterocycles. The monoisotopic (exact) mass is 439 g/mol. The van der Waals surface area contributed by atoms with Gasteiger partial charge in [-0.25, -0.2) is 0 Å². The molecule has 166 valence electrons. The number of para-hydroxylation sites is 1. The van der Waals surface area contributed by atoms with Gasteiger partial charge in [0.2, 0.25) is 5.91 Å². The summed E-state index contributed by atoms with van der Waals surface area (Å²) in [6.07, 6.45) is 5.23. The summed E-state index contributed by atoms with van der Waals surface area (Å²) in [7, 11) is 0. The van der Waals surface area contributed by atoms with Crippen molar-refractivity contribution in [2.24, 2.45) is 11.3 Å². The van der Waals surface area contributed by atoms with Crippen molar-refractivity contribution >= 4 is 33.8 Å². The van der Waals surface area contributed by atoms with Crippen molar-refractivity contribution < 1.29 is 9.59 Å². The molecule has 1 fully saturated rings. The van der Waals surface area contributed by atoms with E-state index in [1.807, 2.05) is 30.3 Å². The lowest BCUT2D eigenvalue weighted by molar-refractivity contribution is -0.117. The predicted octanol–water partition coefficient (Wildman–Crippen LogP) is 5.19. The van der Waals surface area contributed by atoms with Crippen LogP contribution in [0, 0.1) is 11.3 Å². The maximum absolute atomic E-state index is 13.3. The highest BCUT2D eigenvalue weighted by Gasteiger charge is 2.34. The second kappa shape index (κ2) is 9.13. The first kappa shape index (κ1) is 22.0. The number of anilines is 2. The maximum Gasteiger partial charge on any atom is 0.258 e. The topological polar surface area (TPSA) is 61.4 Å². The Morgan fingerprint density at radius 3 is 2.48 bits per heavy atom. The van der Waals surface area contributed by atoms with E-state index in [9.17, 15) is 9.59 Å². The summed E-state index contributed by atoms with van der Waals surface area (Å²) in [5.41, 5.74) is 2.78. The van der Waals surface area contributed by atoms with E-state index in [2.05, 4.69) is 36.3 Å². The van der Waals surface area contributed by atoms with Crippen molar-refractivity contribution in [1.29, 1.82) is 0 Å². The molecular weight excluding hydrogens is 406 g/mol. The van der Waals surface area contributed by atoms with Crippen molar-refractivity contribution in [2.75, 3.05) is 30.3 Å². The SMILES string of the molecule is CC(C)(C)[C@@H]1CCc2c(sc(NC(=O)CN3CCCC3)c2C(=O)Nc2ccccc2)C1. The smallest absolute Gasteiger partial charge is 0.258 e. The fourth-order valence-electron chi connectivity index (χ4n) is 4.68. The molecule has 0 radical (unpaired) electrons. The van der Waals surface area contributed by atoms with Crippen LogP contribution in [0.1, 0.15) is 60.8 Å². The average molecular weight is 440 g/mol. The zero-order valence-corrected chi connectivity index (χ0v) is 19.6. The summed E-state index contributed by atoms with van der Waals surface area (Å²) < 4.78 is 0. The zero-order chi connectivity index (χ0) is 22.0. The second-order valence-corrected chi connectivity index (χ2v) is 11.0. The molecule has 2 N–H and O–H groups in total. The third kappa shape index (κ3) is 5.18. The third-order valence-corrected chi connectivity index (χ3v) is 7.74. The van der Waals surface area contributed by atoms with Crippen LogP contribution in [0.5, 0.6) is 0 Å². The Balaban J connectivity index is 1.60. The molecule has 1 saturated heterocycles. The van der Waals surface area contributed by atoms with Crippen LogP contribution in [0.2, 0.25) is 0 Å². The molecule has 0 unspecified atom stereocenters. The van der Waals surface area contributed by atoms with Gasteiger partial charge in [0.1, 0.15) is 5.00 Å². The lowest BCUT2D eigenvalue weighted by Crippen LogP contribution is -2.31. The molecular formula is C25H33N3O2S. The van der Waals surface area contributed by atoms with Crippen LogP contribution >= 0.6 is 11.3 Å². The Labute approximate surface area is 189 Å². The summed E-state index contributed by atoms with van der Waals surface area (Å²) in [4.78, 5) is 29.5. The van der Waals surface area contributed by atoms with Gasteiger partial charge in [-0.15, -0.1) is 11.3 Å². The highest BCUT2D eigenvalue weighted by molar-refractivity contribution is 7.17. The number of amides is 2. The highest BCUT2D eigenvalue weighted by Crippen LogP contribution is 2.44. The Kier molecular flexibility index (Phi) is 6.49. The Hall–Kier alpha value is -2.18. The van der Waals surface area contributed by atoms with Crippen molar-refractivity contribution in [1.82, 2.24) is 4.90 Å². The van der Waals surface area contributed by atoms with Crippen LogP contribution in [0.3, 0.4) is 0 Å². The van der Waals surface area contributed by atoms with Crippen LogP contribution in [-0.2, 0) is 17.6 Å². The summed E-state index contributed by atoms with van der Waals surface area (Å²) in [5.74, 6) is 0.424. The van der Waals surface area contributed by atoms with Gasteiger partial charge in [0, 0.05) is 10.6 Å². The van der Waals surface area contributed by atoms with Crippen LogP contribution in [0.15, 0.2) is 30.3 Å². The molecule has 1 aromatic heterocycles. The van der Waals surface area contributed by atoms with Gasteiger partial charge in [-0.2, -0.15) is 0 Å². The number of thiophene rings is 1. The van der Waals surface area contributed by atoms with Gasteiger partial charge in [0.05, 0.1) is 12.1 Å². The molecule has 0 saturated carbocycles. The molecule has 6 heteroatoms. The first-order valence-corrected chi connectivity index (χ1v) is 12.2. The summed E-state index contributed by atoms with van der Waals surface area (Å²) in [5, 5.41) is 6.83. The Bertz CT molecular complexity index is 940. The minimum Gasteiger partial charge on any atom is -0.322 e. The zero-order valence-electron chi connectivity index (χ0n) is 18.8. The van der Waals surface area contributed by atoms with E-state index in [4.69, 9.17) is 0 Å². The van der Waals surface area contributed by atoms with Crippen LogP contribution in [0.4, 0.5) is 10.7 Å². The minimum absolute atomic E-state index is 0.0263. The van der Waals surface area contributed by atoms with Crippen LogP contribution in [0.25, 0.3) is 0 Å². The molecule has 2 aliphatic rings. The van der Waals surface area contributed by atoms with E-state index in [1.54, 1.807) is 11.3 Å². The van der Waals surface area contributed by atoms with Crippen molar-refractivity contribution in [3.63, 3.8) is 0 Å². The molecule has 0 bridgehead atoms. The predicted molar refractivity (Wildman–Crippen MR) is 128 cm³/mol. The van der Waals surface area contributed by atoms with Crippen molar-refractivity contribution in [3.8, 4) is 0 Å². The van der Waals surface area contributed by atoms with Gasteiger partial charge >= 0.3 is 0 Å². The fourth-order valence-corrected chi connectivity index (χ4v) is 6.02. The maximum atomic E-state index is 13.3. The molecule has 31 heavy (non-hydrogen) atoms. The summed E-state index contributed by atoms with van der Waals surface area (Å²) >= 11 is 1.60. The number of rotatable bonds is 5. The molecule has 4 rings (SSSR count). The quantitative estimate of drug-likeness (QED) is 0.674. The van der Waals surface area contributed by atoms with Crippen molar-refractivity contribution in [3.05, 3.63) is 46.3 Å². The van der Waals surface area contributed by atoms with Gasteiger partial charge in [-0.3, -0.25) is 14.5 Å². The average Bonchev–Trinajstić information content (AvgIpc) is 3.34. The van der Waals surface area contributed by atoms with Gasteiger partial charge < -0.3 is 10.6 Å².